The maximum Gasteiger partial charge on any atom is 0.187 e. The molecule has 4 saturated carbocycles. The Morgan fingerprint density at radius 2 is 1.67 bits per heavy atom. The number of Topliss-reactive ketones (excluding diaryl/α,β-unsaturated/α-hetero) is 2. The molecule has 2 saturated heterocycles. The zero-order chi connectivity index (χ0) is 36.1. The maximum atomic E-state index is 14.3. The van der Waals surface area contributed by atoms with E-state index >= 15 is 0 Å². The molecule has 7 unspecified atom stereocenters. The number of hydrogen-bond acceptors (Lipinski definition) is 11. The van der Waals surface area contributed by atoms with Crippen molar-refractivity contribution < 1.29 is 55.0 Å². The van der Waals surface area contributed by atoms with Gasteiger partial charge in [-0.2, -0.15) is 0 Å². The quantitative estimate of drug-likeness (QED) is 0.169. The zero-order valence-electron chi connectivity index (χ0n) is 29.9. The smallest absolute Gasteiger partial charge is 0.187 e. The molecule has 2 aliphatic heterocycles. The first-order valence-electron chi connectivity index (χ1n) is 19.9. The van der Waals surface area contributed by atoms with Gasteiger partial charge in [-0.1, -0.05) is 38.2 Å². The Labute approximate surface area is 300 Å². The Morgan fingerprint density at radius 1 is 0.922 bits per heavy atom. The number of rotatable bonds is 9. The van der Waals surface area contributed by atoms with Crippen LogP contribution in [0.2, 0.25) is 0 Å². The van der Waals surface area contributed by atoms with E-state index in [4.69, 9.17) is 15.2 Å². The van der Waals surface area contributed by atoms with Gasteiger partial charge in [0.1, 0.15) is 41.6 Å². The van der Waals surface area contributed by atoms with Crippen LogP contribution in [0, 0.1) is 46.8 Å². The second-order valence-corrected chi connectivity index (χ2v) is 17.4. The average Bonchev–Trinajstić information content (AvgIpc) is 3.60. The maximum absolute atomic E-state index is 14.3. The van der Waals surface area contributed by atoms with Gasteiger partial charge in [-0.25, -0.2) is 0 Å². The van der Waals surface area contributed by atoms with Crippen LogP contribution in [0.4, 0.5) is 0 Å². The number of ketones is 2. The first-order chi connectivity index (χ1) is 24.5. The van der Waals surface area contributed by atoms with Crippen molar-refractivity contribution in [1.82, 2.24) is 0 Å². The molecule has 0 bridgehead atoms. The van der Waals surface area contributed by atoms with Gasteiger partial charge in [-0.15, -0.1) is 0 Å². The van der Waals surface area contributed by atoms with Crippen LogP contribution in [0.3, 0.4) is 0 Å². The molecule has 2 heterocycles. The average molecular weight is 718 g/mol. The van der Waals surface area contributed by atoms with Gasteiger partial charge in [0.25, 0.3) is 0 Å². The molecule has 0 spiro atoms. The summed E-state index contributed by atoms with van der Waals surface area (Å²) >= 11 is 0. The highest BCUT2D eigenvalue weighted by atomic mass is 16.7. The molecule has 0 radical (unpaired) electrons. The number of nitrogens with two attached hydrogens (primary N) is 2. The van der Waals surface area contributed by atoms with Gasteiger partial charge in [0.05, 0.1) is 37.0 Å². The third-order valence-corrected chi connectivity index (χ3v) is 14.3. The molecule has 7 aliphatic rings. The molecule has 6 fully saturated rings. The van der Waals surface area contributed by atoms with Crippen molar-refractivity contribution >= 4 is 11.6 Å². The second-order valence-electron chi connectivity index (χ2n) is 17.4. The fourth-order valence-corrected chi connectivity index (χ4v) is 11.8. The molecule has 0 aromatic carbocycles. The van der Waals surface area contributed by atoms with E-state index in [0.717, 1.165) is 76.3 Å². The molecule has 0 aromatic rings. The van der Waals surface area contributed by atoms with Crippen molar-refractivity contribution in [3.05, 3.63) is 23.5 Å². The number of carbonyl (C=O) groups excluding carboxylic acids is 2. The van der Waals surface area contributed by atoms with Crippen molar-refractivity contribution in [3.8, 4) is 0 Å². The zero-order valence-corrected chi connectivity index (χ0v) is 29.9. The lowest BCUT2D eigenvalue weighted by Crippen LogP contribution is -2.95. The van der Waals surface area contributed by atoms with Crippen LogP contribution in [0.25, 0.3) is 0 Å². The summed E-state index contributed by atoms with van der Waals surface area (Å²) < 4.78 is 12.4. The highest BCUT2D eigenvalue weighted by Gasteiger charge is 2.61. The van der Waals surface area contributed by atoms with Gasteiger partial charge < -0.3 is 45.4 Å². The summed E-state index contributed by atoms with van der Waals surface area (Å²) in [5.41, 5.74) is 4.80. The van der Waals surface area contributed by atoms with E-state index < -0.39 is 66.6 Å². The summed E-state index contributed by atoms with van der Waals surface area (Å²) in [4.78, 5) is 28.4. The van der Waals surface area contributed by atoms with Gasteiger partial charge >= 0.3 is 0 Å². The molecule has 12 heteroatoms. The summed E-state index contributed by atoms with van der Waals surface area (Å²) in [6.07, 6.45) is 8.31. The number of fused-ring (bicyclic) bond motifs is 2. The van der Waals surface area contributed by atoms with Gasteiger partial charge in [0.15, 0.2) is 12.1 Å². The van der Waals surface area contributed by atoms with Crippen molar-refractivity contribution in [2.24, 2.45) is 52.6 Å². The summed E-state index contributed by atoms with van der Waals surface area (Å²) in [6.45, 7) is 0.427. The molecule has 5 aliphatic carbocycles. The Balaban J connectivity index is 1.10. The normalized spacial score (nSPS) is 45.8. The Morgan fingerprint density at radius 3 is 2.39 bits per heavy atom. The fraction of sp³-hybridized carbons (Fsp3) is 0.846. The van der Waals surface area contributed by atoms with Crippen molar-refractivity contribution in [2.45, 2.75) is 139 Å². The van der Waals surface area contributed by atoms with Crippen molar-refractivity contribution in [3.63, 3.8) is 0 Å². The lowest BCUT2D eigenvalue weighted by Gasteiger charge is -2.53. The number of hydrogen-bond donors (Lipinski definition) is 8. The predicted octanol–water partition coefficient (Wildman–Crippen LogP) is 1.12. The number of piperidine rings is 1. The molecule has 0 amide bonds. The minimum atomic E-state index is -2.06. The largest absolute Gasteiger partial charge is 0.512 e. The first-order valence-corrected chi connectivity index (χ1v) is 19.9. The molecule has 286 valence electrons. The van der Waals surface area contributed by atoms with E-state index in [9.17, 15) is 40.2 Å². The third kappa shape index (κ3) is 7.02. The summed E-state index contributed by atoms with van der Waals surface area (Å²) in [5.74, 6) is -2.90. The highest BCUT2D eigenvalue weighted by molar-refractivity contribution is 6.02. The molecule has 0 aromatic heterocycles. The van der Waals surface area contributed by atoms with Gasteiger partial charge in [-0.3, -0.25) is 15.3 Å². The summed E-state index contributed by atoms with van der Waals surface area (Å²) in [5, 5.41) is 69.0. The van der Waals surface area contributed by atoms with Crippen molar-refractivity contribution in [1.29, 1.82) is 0 Å². The molecular weight excluding hydrogens is 656 g/mol. The van der Waals surface area contributed by atoms with Crippen molar-refractivity contribution in [2.75, 3.05) is 19.8 Å². The van der Waals surface area contributed by atoms with Crippen LogP contribution in [0.1, 0.15) is 96.3 Å². The number of allylic oxidation sites excluding steroid dienone is 4. The molecule has 12 nitrogen and oxygen atoms in total. The van der Waals surface area contributed by atoms with Crippen LogP contribution in [0.15, 0.2) is 23.5 Å². The van der Waals surface area contributed by atoms with E-state index in [0.29, 0.717) is 31.6 Å². The topological polar surface area (TPSA) is 217 Å². The minimum absolute atomic E-state index is 0.0479. The van der Waals surface area contributed by atoms with E-state index in [1.165, 1.54) is 0 Å². The Bertz CT molecular complexity index is 1350. The van der Waals surface area contributed by atoms with Crippen LogP contribution < -0.4 is 11.1 Å². The summed E-state index contributed by atoms with van der Waals surface area (Å²) in [7, 11) is 0. The van der Waals surface area contributed by atoms with Crippen LogP contribution in [-0.4, -0.2) is 104 Å². The Hall–Kier alpha value is -1.74. The number of carbonyl (C=O) groups is 2. The predicted molar refractivity (Wildman–Crippen MR) is 184 cm³/mol. The van der Waals surface area contributed by atoms with Crippen LogP contribution in [0.5, 0.6) is 0 Å². The number of quaternary nitrogens is 1. The Kier molecular flexibility index (Phi) is 11.2. The van der Waals surface area contributed by atoms with E-state index in [1.54, 1.807) is 6.08 Å². The standard InChI is InChI=1S/C39H60N2O10/c40-30-17-24(9-12-41-30)38(10-1-2-11-38)20-39(49)35(47)29(19-43)51-37(36(39)48)50-28-8-4-7-25-32(28)34(46)31-26(33(25)45)15-23(16-27(31)44)14-21-5-3-6-22(13-21)18-42/h15-16,21-22,24-26,28-32,35-37,41-44,47-49H,1-14,17-20,40H2/p+1/t21?,22?,24?,25?,26-,28?,29-,30?,31+,32?,35-,36+,37+,39+/m1/s1. The van der Waals surface area contributed by atoms with Gasteiger partial charge in [0.2, 0.25) is 0 Å². The SMILES string of the molecule is NC1CC(C2(C[C@]3(O)[C@H](O)[C@@H](CO)O[C@H](OC4CCCC5C(=O)[C@@H]6C=C(CC7CCCC(CO)C7)C=C(O)[C@H]6C(=O)C45)[C@@H]3O)CCCC2)CC[NH2+]1. The van der Waals surface area contributed by atoms with Crippen LogP contribution in [-0.2, 0) is 19.1 Å². The number of aliphatic hydroxyl groups is 6. The molecular formula is C39H61N2O10+. The van der Waals surface area contributed by atoms with E-state index in [2.05, 4.69) is 5.32 Å². The van der Waals surface area contributed by atoms with E-state index in [-0.39, 0.29) is 53.8 Å². The lowest BCUT2D eigenvalue weighted by atomic mass is 9.59. The van der Waals surface area contributed by atoms with Gasteiger partial charge in [0, 0.05) is 25.4 Å². The number of ether oxygens (including phenoxy) is 2. The second kappa shape index (κ2) is 15.2. The van der Waals surface area contributed by atoms with Crippen LogP contribution >= 0.6 is 0 Å². The third-order valence-electron chi connectivity index (χ3n) is 14.3. The molecule has 10 N–H and O–H groups in total. The summed E-state index contributed by atoms with van der Waals surface area (Å²) in [6, 6.07) is 0. The number of aliphatic hydroxyl groups excluding tert-OH is 5. The van der Waals surface area contributed by atoms with Gasteiger partial charge in [-0.05, 0) is 86.2 Å². The highest BCUT2D eigenvalue weighted by Crippen LogP contribution is 2.55. The first kappa shape index (κ1) is 37.6. The lowest BCUT2D eigenvalue weighted by molar-refractivity contribution is -0.700. The molecule has 7 rings (SSSR count). The minimum Gasteiger partial charge on any atom is -0.512 e. The molecule has 14 atom stereocenters. The monoisotopic (exact) mass is 717 g/mol. The molecule has 51 heavy (non-hydrogen) atoms. The fourth-order valence-electron chi connectivity index (χ4n) is 11.8. The van der Waals surface area contributed by atoms with E-state index in [1.807, 2.05) is 6.08 Å².